The SMILES string of the molecule is CCNCc1cccc2c1ccn2COCC(F)(F)F. The second-order valence-electron chi connectivity index (χ2n) is 4.51. The third-order valence-corrected chi connectivity index (χ3v) is 2.97. The zero-order valence-electron chi connectivity index (χ0n) is 11.2. The number of alkyl halides is 3. The quantitative estimate of drug-likeness (QED) is 0.882. The smallest absolute Gasteiger partial charge is 0.351 e. The van der Waals surface area contributed by atoms with Gasteiger partial charge in [-0.2, -0.15) is 13.2 Å². The summed E-state index contributed by atoms with van der Waals surface area (Å²) >= 11 is 0. The molecule has 0 saturated heterocycles. The minimum atomic E-state index is -4.29. The standard InChI is InChI=1S/C14H17F3N2O/c1-2-18-8-11-4-3-5-13-12(11)6-7-19(13)10-20-9-14(15,16)17/h3-7,18H,2,8-10H2,1H3. The number of hydrogen-bond donors (Lipinski definition) is 1. The molecule has 1 N–H and O–H groups in total. The zero-order valence-corrected chi connectivity index (χ0v) is 11.2. The summed E-state index contributed by atoms with van der Waals surface area (Å²) in [7, 11) is 0. The van der Waals surface area contributed by atoms with Crippen LogP contribution < -0.4 is 5.32 Å². The number of halogens is 3. The van der Waals surface area contributed by atoms with E-state index in [0.29, 0.717) is 0 Å². The van der Waals surface area contributed by atoms with Crippen molar-refractivity contribution in [3.63, 3.8) is 0 Å². The maximum absolute atomic E-state index is 12.1. The van der Waals surface area contributed by atoms with E-state index in [4.69, 9.17) is 4.74 Å². The molecule has 0 spiro atoms. The van der Waals surface area contributed by atoms with Gasteiger partial charge >= 0.3 is 6.18 Å². The summed E-state index contributed by atoms with van der Waals surface area (Å²) < 4.78 is 42.5. The summed E-state index contributed by atoms with van der Waals surface area (Å²) in [6, 6.07) is 7.68. The second-order valence-corrected chi connectivity index (χ2v) is 4.51. The van der Waals surface area contributed by atoms with Crippen LogP contribution in [0.5, 0.6) is 0 Å². The van der Waals surface area contributed by atoms with Gasteiger partial charge in [-0.05, 0) is 24.2 Å². The molecular formula is C14H17F3N2O. The number of ether oxygens (including phenoxy) is 1. The van der Waals surface area contributed by atoms with E-state index in [1.165, 1.54) is 0 Å². The molecule has 0 saturated carbocycles. The van der Waals surface area contributed by atoms with Crippen LogP contribution in [-0.2, 0) is 18.0 Å². The van der Waals surface area contributed by atoms with Crippen molar-refractivity contribution in [2.75, 3.05) is 13.2 Å². The Labute approximate surface area is 115 Å². The molecule has 2 rings (SSSR count). The normalized spacial score (nSPS) is 12.2. The Bertz CT molecular complexity index is 563. The molecule has 1 aromatic carbocycles. The monoisotopic (exact) mass is 286 g/mol. The van der Waals surface area contributed by atoms with Gasteiger partial charge in [0.25, 0.3) is 0 Å². The van der Waals surface area contributed by atoms with Gasteiger partial charge in [0.15, 0.2) is 0 Å². The second kappa shape index (κ2) is 6.28. The van der Waals surface area contributed by atoms with Crippen molar-refractivity contribution in [2.24, 2.45) is 0 Å². The van der Waals surface area contributed by atoms with Gasteiger partial charge in [-0.3, -0.25) is 0 Å². The Kier molecular flexibility index (Phi) is 4.67. The zero-order chi connectivity index (χ0) is 14.6. The topological polar surface area (TPSA) is 26.2 Å². The molecule has 0 aliphatic rings. The first-order valence-corrected chi connectivity index (χ1v) is 6.43. The van der Waals surface area contributed by atoms with Crippen LogP contribution >= 0.6 is 0 Å². The molecule has 0 aliphatic heterocycles. The Morgan fingerprint density at radius 2 is 2.05 bits per heavy atom. The first-order chi connectivity index (χ1) is 9.51. The van der Waals surface area contributed by atoms with E-state index in [-0.39, 0.29) is 6.73 Å². The lowest BCUT2D eigenvalue weighted by Crippen LogP contribution is -2.18. The molecule has 6 heteroatoms. The lowest BCUT2D eigenvalue weighted by molar-refractivity contribution is -0.181. The van der Waals surface area contributed by atoms with Gasteiger partial charge in [0.1, 0.15) is 13.3 Å². The number of aromatic nitrogens is 1. The fraction of sp³-hybridized carbons (Fsp3) is 0.429. The summed E-state index contributed by atoms with van der Waals surface area (Å²) in [5, 5.41) is 4.27. The summed E-state index contributed by atoms with van der Waals surface area (Å²) in [6.45, 7) is 2.29. The number of benzene rings is 1. The van der Waals surface area contributed by atoms with Gasteiger partial charge < -0.3 is 14.6 Å². The maximum Gasteiger partial charge on any atom is 0.411 e. The molecule has 1 heterocycles. The summed E-state index contributed by atoms with van der Waals surface area (Å²) in [6.07, 6.45) is -2.55. The van der Waals surface area contributed by atoms with Crippen molar-refractivity contribution < 1.29 is 17.9 Å². The molecule has 1 aromatic heterocycles. The Morgan fingerprint density at radius 1 is 1.25 bits per heavy atom. The van der Waals surface area contributed by atoms with Crippen molar-refractivity contribution in [1.29, 1.82) is 0 Å². The highest BCUT2D eigenvalue weighted by molar-refractivity contribution is 5.83. The fourth-order valence-electron chi connectivity index (χ4n) is 2.07. The third kappa shape index (κ3) is 3.74. The van der Waals surface area contributed by atoms with Gasteiger partial charge in [0.05, 0.1) is 5.52 Å². The molecule has 0 radical (unpaired) electrons. The maximum atomic E-state index is 12.1. The van der Waals surface area contributed by atoms with Crippen LogP contribution in [-0.4, -0.2) is 23.9 Å². The number of fused-ring (bicyclic) bond motifs is 1. The highest BCUT2D eigenvalue weighted by atomic mass is 19.4. The fourth-order valence-corrected chi connectivity index (χ4v) is 2.07. The Hall–Kier alpha value is -1.53. The van der Waals surface area contributed by atoms with Crippen molar-refractivity contribution in [2.45, 2.75) is 26.4 Å². The Morgan fingerprint density at radius 3 is 2.75 bits per heavy atom. The molecule has 0 fully saturated rings. The van der Waals surface area contributed by atoms with E-state index in [1.807, 2.05) is 31.2 Å². The van der Waals surface area contributed by atoms with E-state index in [0.717, 1.165) is 29.6 Å². The van der Waals surface area contributed by atoms with Crippen LogP contribution in [0, 0.1) is 0 Å². The predicted molar refractivity (Wildman–Crippen MR) is 71.3 cm³/mol. The van der Waals surface area contributed by atoms with Crippen molar-refractivity contribution in [3.8, 4) is 0 Å². The van der Waals surface area contributed by atoms with Gasteiger partial charge in [0.2, 0.25) is 0 Å². The van der Waals surface area contributed by atoms with Crippen LogP contribution in [0.25, 0.3) is 10.9 Å². The molecular weight excluding hydrogens is 269 g/mol. The molecule has 0 unspecified atom stereocenters. The van der Waals surface area contributed by atoms with Crippen LogP contribution in [0.15, 0.2) is 30.5 Å². The lowest BCUT2D eigenvalue weighted by Gasteiger charge is -2.10. The Balaban J connectivity index is 2.11. The minimum Gasteiger partial charge on any atom is -0.351 e. The molecule has 0 amide bonds. The highest BCUT2D eigenvalue weighted by Crippen LogP contribution is 2.21. The first kappa shape index (κ1) is 14.9. The number of rotatable bonds is 6. The summed E-state index contributed by atoms with van der Waals surface area (Å²) in [4.78, 5) is 0. The van der Waals surface area contributed by atoms with Crippen molar-refractivity contribution >= 4 is 10.9 Å². The third-order valence-electron chi connectivity index (χ3n) is 2.97. The van der Waals surface area contributed by atoms with E-state index >= 15 is 0 Å². The average molecular weight is 286 g/mol. The van der Waals surface area contributed by atoms with Gasteiger partial charge in [-0.25, -0.2) is 0 Å². The molecule has 0 atom stereocenters. The molecule has 110 valence electrons. The summed E-state index contributed by atoms with van der Waals surface area (Å²) in [5.41, 5.74) is 2.00. The largest absolute Gasteiger partial charge is 0.411 e. The predicted octanol–water partition coefficient (Wildman–Crippen LogP) is 3.29. The summed E-state index contributed by atoms with van der Waals surface area (Å²) in [5.74, 6) is 0. The van der Waals surface area contributed by atoms with Crippen molar-refractivity contribution in [1.82, 2.24) is 9.88 Å². The number of hydrogen-bond acceptors (Lipinski definition) is 2. The molecule has 2 aromatic rings. The molecule has 0 aliphatic carbocycles. The van der Waals surface area contributed by atoms with Crippen LogP contribution in [0.2, 0.25) is 0 Å². The molecule has 0 bridgehead atoms. The van der Waals surface area contributed by atoms with E-state index in [2.05, 4.69) is 5.32 Å². The van der Waals surface area contributed by atoms with Gasteiger partial charge in [0, 0.05) is 18.1 Å². The van der Waals surface area contributed by atoms with Gasteiger partial charge in [-0.15, -0.1) is 0 Å². The lowest BCUT2D eigenvalue weighted by atomic mass is 10.1. The van der Waals surface area contributed by atoms with E-state index < -0.39 is 12.8 Å². The van der Waals surface area contributed by atoms with Gasteiger partial charge in [-0.1, -0.05) is 19.1 Å². The van der Waals surface area contributed by atoms with Crippen LogP contribution in [0.4, 0.5) is 13.2 Å². The molecule has 3 nitrogen and oxygen atoms in total. The minimum absolute atomic E-state index is 0.104. The van der Waals surface area contributed by atoms with Crippen molar-refractivity contribution in [3.05, 3.63) is 36.0 Å². The first-order valence-electron chi connectivity index (χ1n) is 6.43. The van der Waals surface area contributed by atoms with Crippen LogP contribution in [0.3, 0.4) is 0 Å². The van der Waals surface area contributed by atoms with E-state index in [9.17, 15) is 13.2 Å². The highest BCUT2D eigenvalue weighted by Gasteiger charge is 2.27. The average Bonchev–Trinajstić information content (AvgIpc) is 2.79. The number of nitrogens with zero attached hydrogens (tertiary/aromatic N) is 1. The number of nitrogens with one attached hydrogen (secondary N) is 1. The van der Waals surface area contributed by atoms with Crippen LogP contribution in [0.1, 0.15) is 12.5 Å². The van der Waals surface area contributed by atoms with E-state index in [1.54, 1.807) is 10.8 Å². The molecule has 20 heavy (non-hydrogen) atoms.